The number of halogens is 1. The van der Waals surface area contributed by atoms with Crippen molar-refractivity contribution in [1.29, 1.82) is 0 Å². The molecule has 1 aromatic rings. The van der Waals surface area contributed by atoms with E-state index in [9.17, 15) is 4.79 Å². The van der Waals surface area contributed by atoms with Crippen molar-refractivity contribution >= 4 is 18.3 Å². The second kappa shape index (κ2) is 9.07. The molecule has 1 fully saturated rings. The molecule has 0 bridgehead atoms. The number of methoxy groups -OCH3 is 1. The van der Waals surface area contributed by atoms with E-state index in [1.54, 1.807) is 12.0 Å². The summed E-state index contributed by atoms with van der Waals surface area (Å²) in [6.45, 7) is 7.37. The van der Waals surface area contributed by atoms with Crippen LogP contribution in [0.25, 0.3) is 0 Å². The Morgan fingerprint density at radius 1 is 1.31 bits per heavy atom. The summed E-state index contributed by atoms with van der Waals surface area (Å²) in [5, 5.41) is 0. The molecule has 2 rings (SSSR count). The Morgan fingerprint density at radius 2 is 1.92 bits per heavy atom. The molecule has 0 heterocycles. The molecule has 1 aliphatic carbocycles. The van der Waals surface area contributed by atoms with E-state index in [0.717, 1.165) is 18.6 Å². The lowest BCUT2D eigenvalue weighted by Crippen LogP contribution is -2.75. The molecule has 0 saturated heterocycles. The molecule has 0 radical (unpaired) electrons. The zero-order valence-electron chi connectivity index (χ0n) is 16.6. The van der Waals surface area contributed by atoms with Crippen molar-refractivity contribution < 1.29 is 14.3 Å². The quantitative estimate of drug-likeness (QED) is 0.748. The highest BCUT2D eigenvalue weighted by atomic mass is 35.5. The summed E-state index contributed by atoms with van der Waals surface area (Å²) in [5.74, 6) is 0.875. The molecule has 2 N–H and O–H groups in total. The first kappa shape index (κ1) is 22.7. The number of hydrogen-bond donors (Lipinski definition) is 1. The Morgan fingerprint density at radius 3 is 2.42 bits per heavy atom. The average molecular weight is 385 g/mol. The molecule has 1 aliphatic rings. The monoisotopic (exact) mass is 384 g/mol. The third-order valence-electron chi connectivity index (χ3n) is 5.68. The maximum absolute atomic E-state index is 12.9. The number of benzene rings is 1. The van der Waals surface area contributed by atoms with Crippen LogP contribution in [0.15, 0.2) is 24.3 Å². The number of carbonyl (C=O) groups is 1. The van der Waals surface area contributed by atoms with E-state index in [2.05, 4.69) is 12.1 Å². The molecule has 148 valence electrons. The number of nitrogens with zero attached hydrogens (tertiary/aromatic N) is 1. The summed E-state index contributed by atoms with van der Waals surface area (Å²) >= 11 is 0. The maximum atomic E-state index is 12.9. The minimum Gasteiger partial charge on any atom is -0.497 e. The van der Waals surface area contributed by atoms with Crippen LogP contribution in [0, 0.1) is 5.41 Å². The second-order valence-electron chi connectivity index (χ2n) is 7.52. The number of hydrogen-bond acceptors (Lipinski definition) is 4. The van der Waals surface area contributed by atoms with Gasteiger partial charge in [0.25, 0.3) is 0 Å². The molecule has 0 aliphatic heterocycles. The topological polar surface area (TPSA) is 64.8 Å². The number of rotatable bonds is 8. The third-order valence-corrected chi connectivity index (χ3v) is 5.68. The molecule has 26 heavy (non-hydrogen) atoms. The predicted octanol–water partition coefficient (Wildman–Crippen LogP) is 3.04. The van der Waals surface area contributed by atoms with Crippen molar-refractivity contribution in [2.75, 3.05) is 27.3 Å². The van der Waals surface area contributed by atoms with Gasteiger partial charge in [0.1, 0.15) is 11.3 Å². The highest BCUT2D eigenvalue weighted by Crippen LogP contribution is 2.50. The predicted molar refractivity (Wildman–Crippen MR) is 107 cm³/mol. The van der Waals surface area contributed by atoms with Gasteiger partial charge < -0.3 is 20.1 Å². The SMILES string of the molecule is CCOC1CC(N)(C(=O)N(C)CCCc2ccc(OC)cc2)C1(C)C.Cl. The van der Waals surface area contributed by atoms with E-state index in [-0.39, 0.29) is 29.8 Å². The Kier molecular flexibility index (Phi) is 7.93. The van der Waals surface area contributed by atoms with Gasteiger partial charge >= 0.3 is 0 Å². The van der Waals surface area contributed by atoms with Crippen molar-refractivity contribution in [3.63, 3.8) is 0 Å². The Bertz CT molecular complexity index is 591. The minimum atomic E-state index is -0.832. The van der Waals surface area contributed by atoms with Gasteiger partial charge in [-0.25, -0.2) is 0 Å². The fourth-order valence-electron chi connectivity index (χ4n) is 3.55. The molecule has 0 aromatic heterocycles. The highest BCUT2D eigenvalue weighted by molar-refractivity contribution is 5.88. The van der Waals surface area contributed by atoms with Crippen LogP contribution >= 0.6 is 12.4 Å². The normalized spacial score (nSPS) is 23.5. The van der Waals surface area contributed by atoms with Gasteiger partial charge in [0, 0.05) is 32.0 Å². The van der Waals surface area contributed by atoms with Gasteiger partial charge in [-0.3, -0.25) is 4.79 Å². The first-order valence-electron chi connectivity index (χ1n) is 9.05. The van der Waals surface area contributed by atoms with Crippen molar-refractivity contribution in [2.45, 2.75) is 51.7 Å². The molecular formula is C20H33ClN2O3. The van der Waals surface area contributed by atoms with Crippen LogP contribution in [0.3, 0.4) is 0 Å². The molecule has 5 nitrogen and oxygen atoms in total. The standard InChI is InChI=1S/C20H32N2O3.ClH/c1-6-25-17-14-20(21,19(17,2)3)18(23)22(4)13-7-8-15-9-11-16(24-5)12-10-15;/h9-12,17H,6-8,13-14,21H2,1-5H3;1H. The van der Waals surface area contributed by atoms with Crippen molar-refractivity contribution in [1.82, 2.24) is 4.90 Å². The van der Waals surface area contributed by atoms with Gasteiger partial charge in [0.15, 0.2) is 0 Å². The smallest absolute Gasteiger partial charge is 0.243 e. The molecule has 1 saturated carbocycles. The Balaban J connectivity index is 0.00000338. The van der Waals surface area contributed by atoms with Gasteiger partial charge in [-0.05, 0) is 37.5 Å². The van der Waals surface area contributed by atoms with Gasteiger partial charge in [-0.1, -0.05) is 26.0 Å². The highest BCUT2D eigenvalue weighted by Gasteiger charge is 2.63. The molecule has 2 unspecified atom stereocenters. The Hall–Kier alpha value is -1.30. The van der Waals surface area contributed by atoms with Gasteiger partial charge in [-0.2, -0.15) is 0 Å². The number of aryl methyl sites for hydroxylation is 1. The lowest BCUT2D eigenvalue weighted by Gasteiger charge is -2.58. The molecule has 2 atom stereocenters. The molecule has 0 spiro atoms. The van der Waals surface area contributed by atoms with Crippen LogP contribution in [0.4, 0.5) is 0 Å². The largest absolute Gasteiger partial charge is 0.497 e. The summed E-state index contributed by atoms with van der Waals surface area (Å²) in [7, 11) is 3.51. The van der Waals surface area contributed by atoms with Gasteiger partial charge in [0.2, 0.25) is 5.91 Å². The molecule has 6 heteroatoms. The lowest BCUT2D eigenvalue weighted by molar-refractivity contribution is -0.178. The van der Waals surface area contributed by atoms with E-state index < -0.39 is 5.54 Å². The number of amides is 1. The Labute approximate surface area is 163 Å². The fourth-order valence-corrected chi connectivity index (χ4v) is 3.55. The summed E-state index contributed by atoms with van der Waals surface area (Å²) < 4.78 is 10.9. The number of likely N-dealkylation sites (N-methyl/N-ethyl adjacent to an activating group) is 1. The second-order valence-corrected chi connectivity index (χ2v) is 7.52. The molecular weight excluding hydrogens is 352 g/mol. The van der Waals surface area contributed by atoms with E-state index in [4.69, 9.17) is 15.2 Å². The zero-order valence-corrected chi connectivity index (χ0v) is 17.4. The van der Waals surface area contributed by atoms with Crippen molar-refractivity contribution in [3.05, 3.63) is 29.8 Å². The number of ether oxygens (including phenoxy) is 2. The summed E-state index contributed by atoms with van der Waals surface area (Å²) in [5.41, 5.74) is 6.54. The van der Waals surface area contributed by atoms with Crippen molar-refractivity contribution in [2.24, 2.45) is 11.1 Å². The summed E-state index contributed by atoms with van der Waals surface area (Å²) in [6.07, 6.45) is 2.47. The van der Waals surface area contributed by atoms with Crippen LogP contribution in [-0.2, 0) is 16.0 Å². The molecule has 1 aromatic carbocycles. The maximum Gasteiger partial charge on any atom is 0.243 e. The van der Waals surface area contributed by atoms with Crippen molar-refractivity contribution in [3.8, 4) is 5.75 Å². The van der Waals surface area contributed by atoms with Gasteiger partial charge in [-0.15, -0.1) is 12.4 Å². The lowest BCUT2D eigenvalue weighted by atomic mass is 9.54. The van der Waals surface area contributed by atoms with Crippen LogP contribution in [-0.4, -0.2) is 49.8 Å². The van der Waals surface area contributed by atoms with E-state index >= 15 is 0 Å². The minimum absolute atomic E-state index is 0. The van der Waals surface area contributed by atoms with E-state index in [0.29, 0.717) is 19.6 Å². The fraction of sp³-hybridized carbons (Fsp3) is 0.650. The first-order chi connectivity index (χ1) is 11.8. The van der Waals surface area contributed by atoms with E-state index in [1.807, 2.05) is 40.0 Å². The van der Waals surface area contributed by atoms with Crippen LogP contribution in [0.5, 0.6) is 5.75 Å². The van der Waals surface area contributed by atoms with Crippen LogP contribution in [0.2, 0.25) is 0 Å². The van der Waals surface area contributed by atoms with E-state index in [1.165, 1.54) is 5.56 Å². The third kappa shape index (κ3) is 4.33. The van der Waals surface area contributed by atoms with Crippen LogP contribution in [0.1, 0.15) is 39.2 Å². The zero-order chi connectivity index (χ0) is 18.7. The molecule has 1 amide bonds. The van der Waals surface area contributed by atoms with Gasteiger partial charge in [0.05, 0.1) is 13.2 Å². The number of nitrogens with two attached hydrogens (primary N) is 1. The van der Waals surface area contributed by atoms with Crippen LogP contribution < -0.4 is 10.5 Å². The number of carbonyl (C=O) groups excluding carboxylic acids is 1. The first-order valence-corrected chi connectivity index (χ1v) is 9.05. The average Bonchev–Trinajstić information content (AvgIpc) is 2.61. The summed E-state index contributed by atoms with van der Waals surface area (Å²) in [6, 6.07) is 8.05. The summed E-state index contributed by atoms with van der Waals surface area (Å²) in [4.78, 5) is 14.6.